The smallest absolute Gasteiger partial charge is 0.326 e. The molecule has 3 nitrogen and oxygen atoms in total. The molecule has 0 aromatic carbocycles. The molecule has 1 aliphatic heterocycles. The van der Waals surface area contributed by atoms with Crippen LogP contribution in [0.4, 0.5) is 0 Å². The Kier molecular flexibility index (Phi) is 2.15. The first-order valence-electron chi connectivity index (χ1n) is 3.66. The van der Waals surface area contributed by atoms with Gasteiger partial charge in [0.05, 0.1) is 0 Å². The van der Waals surface area contributed by atoms with Crippen molar-refractivity contribution < 1.29 is 9.22 Å². The van der Waals surface area contributed by atoms with Crippen LogP contribution in [0.15, 0.2) is 12.7 Å². The number of carbonyl (C=O) groups is 1. The summed E-state index contributed by atoms with van der Waals surface area (Å²) in [6, 6.07) is -0.144. The minimum atomic E-state index is -1.85. The largest absolute Gasteiger partial charge is 0.504 e. The second kappa shape index (κ2) is 2.79. The fourth-order valence-corrected chi connectivity index (χ4v) is 2.93. The lowest BCUT2D eigenvalue weighted by atomic mass is 10.2. The molecule has 0 aromatic heterocycles. The van der Waals surface area contributed by atoms with Gasteiger partial charge in [-0.2, -0.15) is 0 Å². The Bertz CT molecular complexity index is 191. The summed E-state index contributed by atoms with van der Waals surface area (Å²) in [5.41, 5.74) is 0. The quantitative estimate of drug-likeness (QED) is 0.493. The Morgan fingerprint density at radius 1 is 1.82 bits per heavy atom. The monoisotopic (exact) mass is 171 g/mol. The molecule has 62 valence electrons. The molecular weight excluding hydrogens is 158 g/mol. The molecule has 1 atom stereocenters. The first-order valence-corrected chi connectivity index (χ1v) is 6.57. The fourth-order valence-electron chi connectivity index (χ4n) is 1.15. The van der Waals surface area contributed by atoms with E-state index in [1.807, 2.05) is 13.1 Å². The Morgan fingerprint density at radius 2 is 2.45 bits per heavy atom. The van der Waals surface area contributed by atoms with Gasteiger partial charge < -0.3 is 4.43 Å². The minimum Gasteiger partial charge on any atom is -0.504 e. The number of hydrogen-bond donors (Lipinski definition) is 1. The summed E-state index contributed by atoms with van der Waals surface area (Å²) in [4.78, 5) is 14.3. The van der Waals surface area contributed by atoms with Crippen LogP contribution >= 0.6 is 0 Å². The Labute approximate surface area is 67.6 Å². The van der Waals surface area contributed by atoms with E-state index in [4.69, 9.17) is 4.43 Å². The van der Waals surface area contributed by atoms with Crippen molar-refractivity contribution in [3.63, 3.8) is 0 Å². The van der Waals surface area contributed by atoms with E-state index in [1.54, 1.807) is 6.08 Å². The van der Waals surface area contributed by atoms with Crippen molar-refractivity contribution in [2.24, 2.45) is 0 Å². The van der Waals surface area contributed by atoms with Crippen LogP contribution in [-0.4, -0.2) is 20.5 Å². The van der Waals surface area contributed by atoms with Gasteiger partial charge in [-0.05, 0) is 19.5 Å². The van der Waals surface area contributed by atoms with Gasteiger partial charge in [0, 0.05) is 0 Å². The van der Waals surface area contributed by atoms with Gasteiger partial charge in [-0.3, -0.25) is 9.78 Å². The van der Waals surface area contributed by atoms with Crippen molar-refractivity contribution in [3.05, 3.63) is 12.7 Å². The summed E-state index contributed by atoms with van der Waals surface area (Å²) < 4.78 is 5.15. The molecule has 1 heterocycles. The van der Waals surface area contributed by atoms with Gasteiger partial charge in [0.1, 0.15) is 6.04 Å². The van der Waals surface area contributed by atoms with Gasteiger partial charge in [-0.15, -0.1) is 6.58 Å². The third-order valence-electron chi connectivity index (χ3n) is 1.56. The van der Waals surface area contributed by atoms with E-state index in [9.17, 15) is 4.79 Å². The molecule has 0 amide bonds. The van der Waals surface area contributed by atoms with Crippen LogP contribution in [0.3, 0.4) is 0 Å². The predicted molar refractivity (Wildman–Crippen MR) is 45.3 cm³/mol. The predicted octanol–water partition coefficient (Wildman–Crippen LogP) is 0.779. The van der Waals surface area contributed by atoms with Crippen LogP contribution in [0.5, 0.6) is 0 Å². The SMILES string of the molecule is C=CCC1N[Si](C)(C)OC1=O. The third kappa shape index (κ3) is 1.91. The number of carbonyl (C=O) groups excluding carboxylic acids is 1. The molecule has 0 bridgehead atoms. The van der Waals surface area contributed by atoms with Crippen LogP contribution in [0.2, 0.25) is 13.1 Å². The normalized spacial score (nSPS) is 28.2. The van der Waals surface area contributed by atoms with E-state index in [1.165, 1.54) is 0 Å². The van der Waals surface area contributed by atoms with E-state index in [0.717, 1.165) is 0 Å². The molecule has 1 unspecified atom stereocenters. The van der Waals surface area contributed by atoms with E-state index >= 15 is 0 Å². The van der Waals surface area contributed by atoms with Gasteiger partial charge in [0.15, 0.2) is 0 Å². The number of hydrogen-bond acceptors (Lipinski definition) is 3. The lowest BCUT2D eigenvalue weighted by Gasteiger charge is -2.11. The summed E-state index contributed by atoms with van der Waals surface area (Å²) in [7, 11) is -1.85. The third-order valence-corrected chi connectivity index (χ3v) is 3.32. The molecule has 1 N–H and O–H groups in total. The molecule has 1 aliphatic rings. The Morgan fingerprint density at radius 3 is 2.82 bits per heavy atom. The van der Waals surface area contributed by atoms with Gasteiger partial charge >= 0.3 is 14.4 Å². The van der Waals surface area contributed by atoms with Crippen molar-refractivity contribution in [3.8, 4) is 0 Å². The van der Waals surface area contributed by atoms with E-state index in [-0.39, 0.29) is 12.0 Å². The summed E-state index contributed by atoms with van der Waals surface area (Å²) in [6.07, 6.45) is 2.39. The lowest BCUT2D eigenvalue weighted by Crippen LogP contribution is -2.43. The first-order chi connectivity index (χ1) is 5.05. The molecule has 0 spiro atoms. The second-order valence-corrected chi connectivity index (χ2v) is 6.67. The summed E-state index contributed by atoms with van der Waals surface area (Å²) in [5, 5.41) is 0. The molecule has 1 fully saturated rings. The van der Waals surface area contributed by atoms with Gasteiger partial charge in [-0.1, -0.05) is 6.08 Å². The summed E-state index contributed by atoms with van der Waals surface area (Å²) >= 11 is 0. The fraction of sp³-hybridized carbons (Fsp3) is 0.571. The number of rotatable bonds is 2. The van der Waals surface area contributed by atoms with Crippen molar-refractivity contribution in [1.82, 2.24) is 4.98 Å². The van der Waals surface area contributed by atoms with Crippen LogP contribution < -0.4 is 4.98 Å². The summed E-state index contributed by atoms with van der Waals surface area (Å²) in [6.45, 7) is 7.51. The molecule has 0 saturated carbocycles. The average Bonchev–Trinajstić information content (AvgIpc) is 2.07. The number of nitrogens with one attached hydrogen (secondary N) is 1. The van der Waals surface area contributed by atoms with Crippen molar-refractivity contribution in [2.75, 3.05) is 0 Å². The molecule has 0 radical (unpaired) electrons. The van der Waals surface area contributed by atoms with Gasteiger partial charge in [0.25, 0.3) is 0 Å². The van der Waals surface area contributed by atoms with E-state index in [2.05, 4.69) is 11.6 Å². The highest BCUT2D eigenvalue weighted by Gasteiger charge is 2.40. The Balaban J connectivity index is 2.59. The average molecular weight is 171 g/mol. The highest BCUT2D eigenvalue weighted by Crippen LogP contribution is 2.14. The highest BCUT2D eigenvalue weighted by molar-refractivity contribution is 6.71. The van der Waals surface area contributed by atoms with Crippen LogP contribution in [0.1, 0.15) is 6.42 Å². The topological polar surface area (TPSA) is 38.3 Å². The highest BCUT2D eigenvalue weighted by atomic mass is 28.4. The van der Waals surface area contributed by atoms with Crippen LogP contribution in [0, 0.1) is 0 Å². The van der Waals surface area contributed by atoms with Gasteiger partial charge in [-0.25, -0.2) is 0 Å². The Hall–Kier alpha value is -0.613. The maximum Gasteiger partial charge on any atom is 0.326 e. The molecular formula is C7H13NO2Si. The van der Waals surface area contributed by atoms with Crippen molar-refractivity contribution in [2.45, 2.75) is 25.6 Å². The first kappa shape index (κ1) is 8.48. The second-order valence-electron chi connectivity index (χ2n) is 3.15. The van der Waals surface area contributed by atoms with E-state index < -0.39 is 8.48 Å². The molecule has 4 heteroatoms. The maximum atomic E-state index is 11.1. The lowest BCUT2D eigenvalue weighted by molar-refractivity contribution is -0.134. The zero-order valence-corrected chi connectivity index (χ0v) is 7.89. The molecule has 0 aromatic rings. The minimum absolute atomic E-state index is 0.124. The molecule has 0 aliphatic carbocycles. The summed E-state index contributed by atoms with van der Waals surface area (Å²) in [5.74, 6) is -0.124. The van der Waals surface area contributed by atoms with Crippen LogP contribution in [-0.2, 0) is 9.22 Å². The zero-order valence-electron chi connectivity index (χ0n) is 6.89. The van der Waals surface area contributed by atoms with Crippen molar-refractivity contribution >= 4 is 14.4 Å². The molecule has 11 heavy (non-hydrogen) atoms. The van der Waals surface area contributed by atoms with Gasteiger partial charge in [0.2, 0.25) is 0 Å². The maximum absolute atomic E-state index is 11.1. The van der Waals surface area contributed by atoms with Crippen LogP contribution in [0.25, 0.3) is 0 Å². The van der Waals surface area contributed by atoms with E-state index in [0.29, 0.717) is 6.42 Å². The molecule has 1 rings (SSSR count). The zero-order chi connectivity index (χ0) is 8.48. The van der Waals surface area contributed by atoms with Crippen molar-refractivity contribution in [1.29, 1.82) is 0 Å². The standard InChI is InChI=1S/C7H13NO2Si/c1-4-5-6-7(9)10-11(2,3)8-6/h4,6,8H,1,5H2,2-3H3. The molecule has 1 saturated heterocycles.